The van der Waals surface area contributed by atoms with Crippen LogP contribution in [0.15, 0.2) is 85.2 Å². The van der Waals surface area contributed by atoms with Gasteiger partial charge in [0.15, 0.2) is 11.9 Å². The van der Waals surface area contributed by atoms with Gasteiger partial charge in [-0.05, 0) is 42.3 Å². The van der Waals surface area contributed by atoms with Crippen LogP contribution in [-0.2, 0) is 11.2 Å². The number of nitrogens with zero attached hydrogens (tertiary/aromatic N) is 3. The molecule has 35 heavy (non-hydrogen) atoms. The van der Waals surface area contributed by atoms with Gasteiger partial charge in [0.25, 0.3) is 5.91 Å². The average molecular weight is 473 g/mol. The van der Waals surface area contributed by atoms with Crippen LogP contribution < -0.4 is 10.1 Å². The van der Waals surface area contributed by atoms with Crippen molar-refractivity contribution in [2.24, 2.45) is 0 Å². The van der Waals surface area contributed by atoms with Crippen molar-refractivity contribution in [3.05, 3.63) is 96.3 Å². The summed E-state index contributed by atoms with van der Waals surface area (Å²) >= 11 is 0. The zero-order valence-corrected chi connectivity index (χ0v) is 18.9. The molecule has 0 spiro atoms. The molecule has 178 valence electrons. The predicted octanol–water partition coefficient (Wildman–Crippen LogP) is 2.73. The fourth-order valence-electron chi connectivity index (χ4n) is 3.64. The largest absolute Gasteiger partial charge is 0.497 e. The second-order valence-electron chi connectivity index (χ2n) is 7.80. The lowest BCUT2D eigenvalue weighted by atomic mass is 10.0. The molecule has 4 aromatic rings. The first-order valence-corrected chi connectivity index (χ1v) is 10.9. The van der Waals surface area contributed by atoms with Crippen LogP contribution in [0.1, 0.15) is 15.9 Å². The van der Waals surface area contributed by atoms with Gasteiger partial charge in [0.05, 0.1) is 24.4 Å². The van der Waals surface area contributed by atoms with Gasteiger partial charge in [0.1, 0.15) is 5.75 Å². The van der Waals surface area contributed by atoms with Crippen LogP contribution in [0, 0.1) is 0 Å². The first-order valence-electron chi connectivity index (χ1n) is 10.9. The van der Waals surface area contributed by atoms with Crippen LogP contribution in [0.3, 0.4) is 0 Å². The Labute approximate surface area is 201 Å². The summed E-state index contributed by atoms with van der Waals surface area (Å²) in [4.78, 5) is 29.1. The van der Waals surface area contributed by atoms with Gasteiger partial charge in [-0.3, -0.25) is 4.79 Å². The van der Waals surface area contributed by atoms with Crippen molar-refractivity contribution in [3.8, 4) is 22.8 Å². The molecular weight excluding hydrogens is 448 g/mol. The van der Waals surface area contributed by atoms with E-state index < -0.39 is 24.0 Å². The fourth-order valence-corrected chi connectivity index (χ4v) is 3.64. The number of pyridine rings is 1. The molecule has 9 heteroatoms. The summed E-state index contributed by atoms with van der Waals surface area (Å²) in [7, 11) is 1.54. The number of aromatic nitrogens is 3. The summed E-state index contributed by atoms with van der Waals surface area (Å²) in [6.07, 6.45) is 1.52. The molecule has 0 aliphatic heterocycles. The van der Waals surface area contributed by atoms with Crippen molar-refractivity contribution in [3.63, 3.8) is 0 Å². The van der Waals surface area contributed by atoms with E-state index in [4.69, 9.17) is 4.74 Å². The van der Waals surface area contributed by atoms with Crippen LogP contribution in [0.5, 0.6) is 5.75 Å². The number of carbonyl (C=O) groups is 2. The fraction of sp³-hybridized carbons (Fsp3) is 0.154. The third-order valence-corrected chi connectivity index (χ3v) is 5.47. The highest BCUT2D eigenvalue weighted by molar-refractivity contribution is 5.97. The minimum atomic E-state index is -1.81. The maximum atomic E-state index is 13.2. The van der Waals surface area contributed by atoms with Gasteiger partial charge in [-0.2, -0.15) is 5.10 Å². The smallest absolute Gasteiger partial charge is 0.334 e. The molecule has 4 rings (SSSR count). The van der Waals surface area contributed by atoms with Gasteiger partial charge in [0.2, 0.25) is 0 Å². The Morgan fingerprint density at radius 3 is 2.46 bits per heavy atom. The van der Waals surface area contributed by atoms with Crippen molar-refractivity contribution in [2.45, 2.75) is 18.6 Å². The first-order chi connectivity index (χ1) is 17.0. The number of nitrogens with one attached hydrogen (secondary N) is 1. The Kier molecular flexibility index (Phi) is 7.18. The number of ether oxygens (including phenoxy) is 1. The number of hydrogen-bond donors (Lipinski definition) is 3. The van der Waals surface area contributed by atoms with Crippen LogP contribution in [0.25, 0.3) is 17.1 Å². The number of aliphatic hydroxyl groups excluding tert-OH is 1. The minimum Gasteiger partial charge on any atom is -0.497 e. The zero-order chi connectivity index (χ0) is 24.8. The number of aliphatic carboxylic acids is 1. The van der Waals surface area contributed by atoms with E-state index in [-0.39, 0.29) is 17.8 Å². The monoisotopic (exact) mass is 472 g/mol. The topological polar surface area (TPSA) is 127 Å². The van der Waals surface area contributed by atoms with Crippen molar-refractivity contribution in [1.29, 1.82) is 0 Å². The molecule has 2 aromatic carbocycles. The molecule has 3 N–H and O–H groups in total. The van der Waals surface area contributed by atoms with E-state index >= 15 is 0 Å². The third kappa shape index (κ3) is 5.53. The number of rotatable bonds is 9. The quantitative estimate of drug-likeness (QED) is 0.342. The minimum absolute atomic E-state index is 0.0960. The van der Waals surface area contributed by atoms with Gasteiger partial charge < -0.3 is 20.3 Å². The van der Waals surface area contributed by atoms with E-state index in [2.05, 4.69) is 15.4 Å². The molecule has 0 saturated heterocycles. The standard InChI is InChI=1S/C26H24N4O5/c1-35-19-11-9-17(10-12-19)16-22(23(31)26(33)34)28-25(32)20-8-5-14-27-24(20)30-15-13-21(29-30)18-6-3-2-4-7-18/h2-15,22-23,31H,16H2,1H3,(H,28,32)(H,33,34). The van der Waals surface area contributed by atoms with E-state index in [9.17, 15) is 19.8 Å². The Bertz CT molecular complexity index is 1300. The van der Waals surface area contributed by atoms with E-state index in [1.165, 1.54) is 10.9 Å². The van der Waals surface area contributed by atoms with Gasteiger partial charge >= 0.3 is 5.97 Å². The molecule has 2 atom stereocenters. The Balaban J connectivity index is 1.59. The number of hydrogen-bond acceptors (Lipinski definition) is 6. The van der Waals surface area contributed by atoms with Crippen LogP contribution >= 0.6 is 0 Å². The second-order valence-corrected chi connectivity index (χ2v) is 7.80. The Morgan fingerprint density at radius 2 is 1.77 bits per heavy atom. The highest BCUT2D eigenvalue weighted by Crippen LogP contribution is 2.19. The summed E-state index contributed by atoms with van der Waals surface area (Å²) < 4.78 is 6.63. The lowest BCUT2D eigenvalue weighted by Crippen LogP contribution is -2.48. The molecular formula is C26H24N4O5. The lowest BCUT2D eigenvalue weighted by molar-refractivity contribution is -0.148. The summed E-state index contributed by atoms with van der Waals surface area (Å²) in [5.41, 5.74) is 2.54. The number of carboxylic acid groups (broad SMARTS) is 1. The molecule has 1 amide bonds. The highest BCUT2D eigenvalue weighted by atomic mass is 16.5. The molecule has 0 bridgehead atoms. The molecule has 0 saturated carbocycles. The lowest BCUT2D eigenvalue weighted by Gasteiger charge is -2.22. The number of benzene rings is 2. The zero-order valence-electron chi connectivity index (χ0n) is 18.9. The van der Waals surface area contributed by atoms with E-state index in [1.807, 2.05) is 36.4 Å². The Hall–Kier alpha value is -4.50. The molecule has 2 aromatic heterocycles. The SMILES string of the molecule is COc1ccc(CC(NC(=O)c2cccnc2-n2ccc(-c3ccccc3)n2)C(O)C(=O)O)cc1. The van der Waals surface area contributed by atoms with E-state index in [0.29, 0.717) is 11.4 Å². The summed E-state index contributed by atoms with van der Waals surface area (Å²) in [6, 6.07) is 20.4. The maximum absolute atomic E-state index is 13.2. The number of carbonyl (C=O) groups excluding carboxylic acids is 1. The number of carboxylic acids is 1. The average Bonchev–Trinajstić information content (AvgIpc) is 3.39. The van der Waals surface area contributed by atoms with E-state index in [1.54, 1.807) is 49.7 Å². The van der Waals surface area contributed by atoms with Crippen LogP contribution in [0.2, 0.25) is 0 Å². The van der Waals surface area contributed by atoms with Crippen LogP contribution in [0.4, 0.5) is 0 Å². The molecule has 0 aliphatic carbocycles. The normalized spacial score (nSPS) is 12.5. The molecule has 0 radical (unpaired) electrons. The van der Waals surface area contributed by atoms with E-state index in [0.717, 1.165) is 11.1 Å². The van der Waals surface area contributed by atoms with Gasteiger partial charge in [-0.25, -0.2) is 14.5 Å². The van der Waals surface area contributed by atoms with Crippen molar-refractivity contribution < 1.29 is 24.5 Å². The summed E-state index contributed by atoms with van der Waals surface area (Å²) in [5, 5.41) is 26.9. The van der Waals surface area contributed by atoms with Crippen molar-refractivity contribution in [2.75, 3.05) is 7.11 Å². The van der Waals surface area contributed by atoms with Crippen molar-refractivity contribution in [1.82, 2.24) is 20.1 Å². The Morgan fingerprint density at radius 1 is 1.03 bits per heavy atom. The molecule has 2 heterocycles. The molecule has 9 nitrogen and oxygen atoms in total. The molecule has 0 aliphatic rings. The van der Waals surface area contributed by atoms with Gasteiger partial charge in [-0.1, -0.05) is 42.5 Å². The summed E-state index contributed by atoms with van der Waals surface area (Å²) in [6.45, 7) is 0. The first kappa shape index (κ1) is 23.7. The number of methoxy groups -OCH3 is 1. The highest BCUT2D eigenvalue weighted by Gasteiger charge is 2.29. The van der Waals surface area contributed by atoms with Gasteiger partial charge in [0, 0.05) is 18.0 Å². The van der Waals surface area contributed by atoms with Gasteiger partial charge in [-0.15, -0.1) is 0 Å². The summed E-state index contributed by atoms with van der Waals surface area (Å²) in [5.74, 6) is -1.10. The van der Waals surface area contributed by atoms with Crippen LogP contribution in [-0.4, -0.2) is 56.1 Å². The molecule has 2 unspecified atom stereocenters. The second kappa shape index (κ2) is 10.6. The number of aliphatic hydroxyl groups is 1. The van der Waals surface area contributed by atoms with Crippen molar-refractivity contribution >= 4 is 11.9 Å². The molecule has 0 fully saturated rings. The number of amides is 1. The third-order valence-electron chi connectivity index (χ3n) is 5.47. The maximum Gasteiger partial charge on any atom is 0.334 e. The predicted molar refractivity (Wildman–Crippen MR) is 128 cm³/mol.